The quantitative estimate of drug-likeness (QED) is 0.646. The first kappa shape index (κ1) is 16.4. The zero-order chi connectivity index (χ0) is 15.9. The number of hydrogen-bond donors (Lipinski definition) is 1. The maximum atomic E-state index is 11.3. The molecule has 0 radical (unpaired) electrons. The summed E-state index contributed by atoms with van der Waals surface area (Å²) in [7, 11) is 3.28. The first-order valence-electron chi connectivity index (χ1n) is 7.51. The van der Waals surface area contributed by atoms with Crippen molar-refractivity contribution < 1.29 is 19.0 Å². The monoisotopic (exact) mass is 305 g/mol. The van der Waals surface area contributed by atoms with Gasteiger partial charge in [0.15, 0.2) is 11.5 Å². The van der Waals surface area contributed by atoms with Crippen molar-refractivity contribution in [3.8, 4) is 11.5 Å². The molecule has 1 atom stereocenters. The van der Waals surface area contributed by atoms with Crippen molar-refractivity contribution in [3.63, 3.8) is 0 Å². The van der Waals surface area contributed by atoms with Gasteiger partial charge in [0.25, 0.3) is 0 Å². The Kier molecular flexibility index (Phi) is 5.83. The van der Waals surface area contributed by atoms with Gasteiger partial charge >= 0.3 is 5.97 Å². The summed E-state index contributed by atoms with van der Waals surface area (Å²) in [4.78, 5) is 11.3. The van der Waals surface area contributed by atoms with E-state index in [-0.39, 0.29) is 12.0 Å². The molecule has 22 heavy (non-hydrogen) atoms. The molecule has 0 saturated heterocycles. The number of nitrogens with one attached hydrogen (secondary N) is 1. The molecule has 0 amide bonds. The fourth-order valence-electron chi connectivity index (χ4n) is 2.67. The van der Waals surface area contributed by atoms with Gasteiger partial charge in [0.05, 0.1) is 20.8 Å². The second kappa shape index (κ2) is 7.84. The molecule has 1 aromatic rings. The summed E-state index contributed by atoms with van der Waals surface area (Å²) in [5.41, 5.74) is 2.45. The van der Waals surface area contributed by atoms with Crippen LogP contribution in [0.3, 0.4) is 0 Å². The van der Waals surface area contributed by atoms with E-state index in [1.807, 2.05) is 18.2 Å². The Labute approximate surface area is 131 Å². The number of esters is 1. The normalized spacial score (nSPS) is 17.1. The van der Waals surface area contributed by atoms with Crippen molar-refractivity contribution in [3.05, 3.63) is 35.4 Å². The Morgan fingerprint density at radius 1 is 1.32 bits per heavy atom. The lowest BCUT2D eigenvalue weighted by atomic mass is 9.91. The van der Waals surface area contributed by atoms with Crippen molar-refractivity contribution in [1.82, 2.24) is 5.32 Å². The molecule has 120 valence electrons. The highest BCUT2D eigenvalue weighted by Gasteiger charge is 2.21. The van der Waals surface area contributed by atoms with E-state index in [2.05, 4.69) is 5.32 Å². The van der Waals surface area contributed by atoms with Gasteiger partial charge in [-0.1, -0.05) is 6.08 Å². The molecule has 0 saturated carbocycles. The number of fused-ring (bicyclic) bond motifs is 1. The zero-order valence-corrected chi connectivity index (χ0v) is 13.3. The van der Waals surface area contributed by atoms with E-state index >= 15 is 0 Å². The average molecular weight is 305 g/mol. The van der Waals surface area contributed by atoms with E-state index in [0.717, 1.165) is 30.9 Å². The minimum atomic E-state index is -0.300. The second-order valence-corrected chi connectivity index (χ2v) is 5.05. The van der Waals surface area contributed by atoms with Gasteiger partial charge in [-0.15, -0.1) is 0 Å². The fourth-order valence-corrected chi connectivity index (χ4v) is 2.67. The fraction of sp³-hybridized carbons (Fsp3) is 0.471. The number of hydrogen-bond acceptors (Lipinski definition) is 5. The molecule has 0 aliphatic carbocycles. The van der Waals surface area contributed by atoms with Gasteiger partial charge in [-0.3, -0.25) is 0 Å². The molecule has 0 bridgehead atoms. The molecule has 0 unspecified atom stereocenters. The molecule has 1 N–H and O–H groups in total. The Hall–Kier alpha value is -2.01. The van der Waals surface area contributed by atoms with Gasteiger partial charge < -0.3 is 19.5 Å². The standard InChI is InChI=1S/C17H23NO4/c1-4-22-17(19)7-5-6-14-13-11-16(21-3)15(20-2)10-12(13)8-9-18-14/h5,7,10-11,14,18H,4,6,8-9H2,1-3H3/b7-5+/t14-/m0/s1. The minimum Gasteiger partial charge on any atom is -0.493 e. The Morgan fingerprint density at radius 2 is 2.05 bits per heavy atom. The second-order valence-electron chi connectivity index (χ2n) is 5.05. The van der Waals surface area contributed by atoms with E-state index in [9.17, 15) is 4.79 Å². The van der Waals surface area contributed by atoms with Crippen LogP contribution in [0.4, 0.5) is 0 Å². The Bertz CT molecular complexity index is 554. The van der Waals surface area contributed by atoms with Gasteiger partial charge in [-0.2, -0.15) is 0 Å². The maximum Gasteiger partial charge on any atom is 0.330 e. The summed E-state index contributed by atoms with van der Waals surface area (Å²) < 4.78 is 15.6. The number of rotatable bonds is 6. The van der Waals surface area contributed by atoms with Crippen LogP contribution in [0.2, 0.25) is 0 Å². The third kappa shape index (κ3) is 3.80. The molecule has 0 fully saturated rings. The van der Waals surface area contributed by atoms with Crippen LogP contribution < -0.4 is 14.8 Å². The van der Waals surface area contributed by atoms with Gasteiger partial charge in [0.1, 0.15) is 0 Å². The number of carbonyl (C=O) groups excluding carboxylic acids is 1. The predicted molar refractivity (Wildman–Crippen MR) is 84.4 cm³/mol. The smallest absolute Gasteiger partial charge is 0.330 e. The third-order valence-corrected chi connectivity index (χ3v) is 3.72. The lowest BCUT2D eigenvalue weighted by Crippen LogP contribution is -2.29. The SMILES string of the molecule is CCOC(=O)/C=C/C[C@@H]1NCCc2cc(OC)c(OC)cc21. The molecular weight excluding hydrogens is 282 g/mol. The van der Waals surface area contributed by atoms with Crippen LogP contribution in [-0.4, -0.2) is 33.3 Å². The van der Waals surface area contributed by atoms with Crippen LogP contribution >= 0.6 is 0 Å². The van der Waals surface area contributed by atoms with E-state index in [0.29, 0.717) is 6.61 Å². The Balaban J connectivity index is 2.15. The summed E-state index contributed by atoms with van der Waals surface area (Å²) >= 11 is 0. The van der Waals surface area contributed by atoms with Crippen molar-refractivity contribution in [2.75, 3.05) is 27.4 Å². The molecule has 5 nitrogen and oxygen atoms in total. The number of methoxy groups -OCH3 is 2. The third-order valence-electron chi connectivity index (χ3n) is 3.72. The van der Waals surface area contributed by atoms with Gasteiger partial charge in [-0.25, -0.2) is 4.79 Å². The van der Waals surface area contributed by atoms with Crippen LogP contribution in [0.15, 0.2) is 24.3 Å². The van der Waals surface area contributed by atoms with Crippen LogP contribution in [0.25, 0.3) is 0 Å². The average Bonchev–Trinajstić information content (AvgIpc) is 2.54. The van der Waals surface area contributed by atoms with Crippen molar-refractivity contribution in [1.29, 1.82) is 0 Å². The van der Waals surface area contributed by atoms with E-state index in [1.165, 1.54) is 17.2 Å². The van der Waals surface area contributed by atoms with Crippen molar-refractivity contribution >= 4 is 5.97 Å². The molecule has 2 rings (SSSR count). The largest absolute Gasteiger partial charge is 0.493 e. The number of ether oxygens (including phenoxy) is 3. The summed E-state index contributed by atoms with van der Waals surface area (Å²) in [6.45, 7) is 3.09. The summed E-state index contributed by atoms with van der Waals surface area (Å²) in [6.07, 6.45) is 5.01. The first-order valence-corrected chi connectivity index (χ1v) is 7.51. The molecule has 1 aromatic carbocycles. The first-order chi connectivity index (χ1) is 10.7. The lowest BCUT2D eigenvalue weighted by Gasteiger charge is -2.27. The van der Waals surface area contributed by atoms with E-state index in [4.69, 9.17) is 14.2 Å². The molecule has 1 aliphatic rings. The molecule has 0 spiro atoms. The van der Waals surface area contributed by atoms with Crippen LogP contribution in [0.1, 0.15) is 30.5 Å². The zero-order valence-electron chi connectivity index (χ0n) is 13.3. The topological polar surface area (TPSA) is 56.8 Å². The van der Waals surface area contributed by atoms with E-state index < -0.39 is 0 Å². The van der Waals surface area contributed by atoms with Crippen LogP contribution in [-0.2, 0) is 16.0 Å². The minimum absolute atomic E-state index is 0.161. The molecule has 1 aliphatic heterocycles. The van der Waals surface area contributed by atoms with Gasteiger partial charge in [0.2, 0.25) is 0 Å². The molecule has 5 heteroatoms. The lowest BCUT2D eigenvalue weighted by molar-refractivity contribution is -0.137. The van der Waals surface area contributed by atoms with Gasteiger partial charge in [-0.05, 0) is 49.6 Å². The number of carbonyl (C=O) groups is 1. The summed E-state index contributed by atoms with van der Waals surface area (Å²) in [6, 6.07) is 4.22. The maximum absolute atomic E-state index is 11.3. The predicted octanol–water partition coefficient (Wildman–Crippen LogP) is 2.40. The van der Waals surface area contributed by atoms with Crippen LogP contribution in [0, 0.1) is 0 Å². The van der Waals surface area contributed by atoms with Gasteiger partial charge in [0, 0.05) is 12.1 Å². The Morgan fingerprint density at radius 3 is 2.73 bits per heavy atom. The summed E-state index contributed by atoms with van der Waals surface area (Å²) in [5.74, 6) is 1.18. The van der Waals surface area contributed by atoms with Crippen LogP contribution in [0.5, 0.6) is 11.5 Å². The number of benzene rings is 1. The van der Waals surface area contributed by atoms with E-state index in [1.54, 1.807) is 21.1 Å². The van der Waals surface area contributed by atoms with Crippen molar-refractivity contribution in [2.45, 2.75) is 25.8 Å². The highest BCUT2D eigenvalue weighted by Crippen LogP contribution is 2.36. The summed E-state index contributed by atoms with van der Waals surface area (Å²) in [5, 5.41) is 3.47. The highest BCUT2D eigenvalue weighted by molar-refractivity contribution is 5.81. The molecule has 0 aromatic heterocycles. The molecule has 1 heterocycles. The molecular formula is C17H23NO4. The highest BCUT2D eigenvalue weighted by atomic mass is 16.5. The van der Waals surface area contributed by atoms with Crippen molar-refractivity contribution in [2.24, 2.45) is 0 Å².